The van der Waals surface area contributed by atoms with Gasteiger partial charge >= 0.3 is 41.8 Å². The summed E-state index contributed by atoms with van der Waals surface area (Å²) in [5.74, 6) is -8.21. The van der Waals surface area contributed by atoms with Crippen LogP contribution < -0.4 is 37.9 Å². The number of hydrogen-bond acceptors (Lipinski definition) is 17. The first-order valence-electron chi connectivity index (χ1n) is 23.2. The highest BCUT2D eigenvalue weighted by Crippen LogP contribution is 2.63. The van der Waals surface area contributed by atoms with Gasteiger partial charge in [0.15, 0.2) is 5.78 Å². The number of benzene rings is 4. The minimum absolute atomic E-state index is 0.00683. The Hall–Kier alpha value is -8.09. The summed E-state index contributed by atoms with van der Waals surface area (Å²) in [6.07, 6.45) is -1.49. The van der Waals surface area contributed by atoms with Crippen LogP contribution >= 0.6 is 0 Å². The highest BCUT2D eigenvalue weighted by molar-refractivity contribution is 6.22. The van der Waals surface area contributed by atoms with Crippen LogP contribution in [0.15, 0.2) is 11.1 Å². The van der Waals surface area contributed by atoms with Crippen LogP contribution in [0.4, 0.5) is 4.79 Å². The van der Waals surface area contributed by atoms with Crippen LogP contribution in [0, 0.1) is 81.6 Å². The average Bonchev–Trinajstić information content (AvgIpc) is 3.61. The molecule has 392 valence electrons. The summed E-state index contributed by atoms with van der Waals surface area (Å²) in [6.45, 7) is 21.8. The standard InChI is InChI=1S/C55H58O19/c1-20-23(4)38(27(8)42(65-15)33(20)47(57)58)69-49(61)35-22(3)25(6)40(29(10)44(35)67-17)71-51(63)37-31(12)54(14)55(74-52(64)73-54)53(13,46(37)56)19-32-26(7)36(45(68-18)30(11)41(32)72-55)50(62)70-39-24(5)21(2)34(48(59)60)43(66-16)28(39)9/h19H2,1-18H3,(H,57,58)(H,59,60)/t53-,54+,55-/m0/s1. The van der Waals surface area contributed by atoms with Gasteiger partial charge in [-0.1, -0.05) is 0 Å². The van der Waals surface area contributed by atoms with Gasteiger partial charge in [-0.05, 0) is 153 Å². The first-order chi connectivity index (χ1) is 34.5. The minimum Gasteiger partial charge on any atom is -0.495 e. The van der Waals surface area contributed by atoms with Crippen molar-refractivity contribution in [1.82, 2.24) is 0 Å². The molecule has 0 bridgehead atoms. The van der Waals surface area contributed by atoms with Crippen molar-refractivity contribution in [2.24, 2.45) is 5.41 Å². The lowest BCUT2D eigenvalue weighted by Crippen LogP contribution is -2.72. The zero-order chi connectivity index (χ0) is 55.3. The second kappa shape index (κ2) is 18.4. The van der Waals surface area contributed by atoms with Crippen LogP contribution in [-0.4, -0.2) is 91.8 Å². The second-order valence-electron chi connectivity index (χ2n) is 19.1. The van der Waals surface area contributed by atoms with Gasteiger partial charge in [0.1, 0.15) is 79.2 Å². The van der Waals surface area contributed by atoms with Crippen LogP contribution in [-0.2, 0) is 25.5 Å². The summed E-state index contributed by atoms with van der Waals surface area (Å²) in [7, 11) is 5.26. The molecule has 0 aromatic heterocycles. The van der Waals surface area contributed by atoms with E-state index in [9.17, 15) is 39.0 Å². The molecule has 0 saturated carbocycles. The number of carboxylic acids is 2. The molecule has 3 aliphatic rings. The van der Waals surface area contributed by atoms with Gasteiger partial charge in [-0.15, -0.1) is 0 Å². The number of ketones is 1. The number of Topliss-reactive ketones (excluding diaryl/α,β-unsaturated/α-hetero) is 1. The van der Waals surface area contributed by atoms with E-state index >= 15 is 4.79 Å². The van der Waals surface area contributed by atoms with E-state index in [1.807, 2.05) is 0 Å². The molecular formula is C55H58O19. The van der Waals surface area contributed by atoms with Crippen molar-refractivity contribution in [1.29, 1.82) is 0 Å². The molecule has 74 heavy (non-hydrogen) atoms. The van der Waals surface area contributed by atoms with Crippen molar-refractivity contribution < 1.29 is 91.1 Å². The molecule has 0 amide bonds. The summed E-state index contributed by atoms with van der Waals surface area (Å²) >= 11 is 0. The van der Waals surface area contributed by atoms with E-state index < -0.39 is 64.2 Å². The molecule has 2 N–H and O–H groups in total. The summed E-state index contributed by atoms with van der Waals surface area (Å²) in [5, 5.41) is 19.9. The highest BCUT2D eigenvalue weighted by atomic mass is 16.9. The van der Waals surface area contributed by atoms with Crippen molar-refractivity contribution in [3.63, 3.8) is 0 Å². The van der Waals surface area contributed by atoms with E-state index in [1.165, 1.54) is 49.2 Å². The lowest BCUT2D eigenvalue weighted by atomic mass is 9.57. The average molecular weight is 1020 g/mol. The van der Waals surface area contributed by atoms with Crippen LogP contribution in [0.3, 0.4) is 0 Å². The molecule has 0 unspecified atom stereocenters. The Labute approximate surface area is 426 Å². The Morgan fingerprint density at radius 3 is 1.22 bits per heavy atom. The van der Waals surface area contributed by atoms with Crippen LogP contribution in [0.2, 0.25) is 0 Å². The molecule has 7 rings (SSSR count). The number of aromatic carboxylic acids is 2. The number of carboxylic acid groups (broad SMARTS) is 2. The molecular weight excluding hydrogens is 965 g/mol. The van der Waals surface area contributed by atoms with E-state index in [0.717, 1.165) is 0 Å². The topological polar surface area (TPSA) is 252 Å². The Morgan fingerprint density at radius 1 is 0.446 bits per heavy atom. The van der Waals surface area contributed by atoms with E-state index in [2.05, 4.69) is 0 Å². The predicted molar refractivity (Wildman–Crippen MR) is 262 cm³/mol. The van der Waals surface area contributed by atoms with Gasteiger partial charge < -0.3 is 57.6 Å². The number of esters is 3. The van der Waals surface area contributed by atoms with E-state index in [0.29, 0.717) is 33.4 Å². The maximum Gasteiger partial charge on any atom is 0.512 e. The molecule has 1 spiro atoms. The van der Waals surface area contributed by atoms with Gasteiger partial charge in [0.2, 0.25) is 5.60 Å². The molecule has 19 heteroatoms. The molecule has 19 nitrogen and oxygen atoms in total. The Kier molecular flexibility index (Phi) is 13.4. The highest BCUT2D eigenvalue weighted by Gasteiger charge is 2.79. The van der Waals surface area contributed by atoms with Gasteiger partial charge in [0.05, 0.1) is 28.4 Å². The maximum atomic E-state index is 15.4. The molecule has 1 fully saturated rings. The third kappa shape index (κ3) is 7.32. The van der Waals surface area contributed by atoms with Crippen molar-refractivity contribution in [3.8, 4) is 46.0 Å². The van der Waals surface area contributed by atoms with Crippen molar-refractivity contribution in [2.75, 3.05) is 28.4 Å². The fourth-order valence-electron chi connectivity index (χ4n) is 11.0. The Morgan fingerprint density at radius 2 is 0.811 bits per heavy atom. The molecule has 1 saturated heterocycles. The fraction of sp³-hybridized carbons (Fsp3) is 0.400. The first kappa shape index (κ1) is 53.7. The molecule has 2 heterocycles. The number of carbonyl (C=O) groups is 7. The quantitative estimate of drug-likeness (QED) is 0.0762. The molecule has 4 aromatic carbocycles. The van der Waals surface area contributed by atoms with Gasteiger partial charge in [-0.2, -0.15) is 0 Å². The van der Waals surface area contributed by atoms with Gasteiger partial charge in [0, 0.05) is 22.3 Å². The monoisotopic (exact) mass is 1020 g/mol. The van der Waals surface area contributed by atoms with Crippen LogP contribution in [0.5, 0.6) is 46.0 Å². The SMILES string of the molecule is COc1c(C)c(OC(=O)c2c(C)c(C)c(OC(=O)C3=C(C)[C@@]4(C)OC(=O)O[C@]45Oc4c(C)c(OC)c(C(=O)Oc6c(C)c(C)c(C(=O)O)c(OC)c6C)c(C)c4C[C@@]5(C)C3=O)c(C)c2OC)c(C)c(C)c1C(=O)O. The molecule has 2 aliphatic heterocycles. The predicted octanol–water partition coefficient (Wildman–Crippen LogP) is 9.02. The van der Waals surface area contributed by atoms with Crippen LogP contribution in [0.25, 0.3) is 0 Å². The first-order valence-corrected chi connectivity index (χ1v) is 23.2. The number of ether oxygens (including phenoxy) is 10. The number of methoxy groups -OCH3 is 4. The minimum atomic E-state index is -2.23. The number of fused-ring (bicyclic) bond motifs is 1. The van der Waals surface area contributed by atoms with Gasteiger partial charge in [0.25, 0.3) is 0 Å². The lowest BCUT2D eigenvalue weighted by molar-refractivity contribution is -0.244. The van der Waals surface area contributed by atoms with E-state index in [4.69, 9.17) is 47.4 Å². The summed E-state index contributed by atoms with van der Waals surface area (Å²) in [6, 6.07) is 0. The van der Waals surface area contributed by atoms with Crippen molar-refractivity contribution in [2.45, 2.75) is 115 Å². The fourth-order valence-corrected chi connectivity index (χ4v) is 11.0. The zero-order valence-corrected chi connectivity index (χ0v) is 44.5. The Balaban J connectivity index is 1.31. The molecule has 1 aliphatic carbocycles. The van der Waals surface area contributed by atoms with Gasteiger partial charge in [-0.3, -0.25) is 4.79 Å². The summed E-state index contributed by atoms with van der Waals surface area (Å²) in [4.78, 5) is 96.9. The Bertz CT molecular complexity index is 3300. The third-order valence-electron chi connectivity index (χ3n) is 15.5. The maximum absolute atomic E-state index is 15.4. The van der Waals surface area contributed by atoms with Crippen molar-refractivity contribution >= 4 is 41.8 Å². The van der Waals surface area contributed by atoms with Crippen molar-refractivity contribution in [3.05, 3.63) is 100 Å². The summed E-state index contributed by atoms with van der Waals surface area (Å²) < 4.78 is 59.3. The second-order valence-corrected chi connectivity index (χ2v) is 19.1. The van der Waals surface area contributed by atoms with E-state index in [1.54, 1.807) is 76.2 Å². The largest absolute Gasteiger partial charge is 0.512 e. The summed E-state index contributed by atoms with van der Waals surface area (Å²) in [5.41, 5.74) is -1.21. The third-order valence-corrected chi connectivity index (χ3v) is 15.5. The van der Waals surface area contributed by atoms with Crippen LogP contribution in [0.1, 0.15) is 129 Å². The number of hydrogen-bond donors (Lipinski definition) is 2. The molecule has 3 atom stereocenters. The number of carbonyl (C=O) groups excluding carboxylic acids is 5. The smallest absolute Gasteiger partial charge is 0.495 e. The lowest BCUT2D eigenvalue weighted by Gasteiger charge is -2.54. The van der Waals surface area contributed by atoms with Gasteiger partial charge in [-0.25, -0.2) is 28.8 Å². The van der Waals surface area contributed by atoms with E-state index in [-0.39, 0.29) is 114 Å². The molecule has 4 aromatic rings. The number of rotatable bonds is 12. The zero-order valence-electron chi connectivity index (χ0n) is 44.5. The normalized spacial score (nSPS) is 19.5. The molecule has 0 radical (unpaired) electrons.